The lowest BCUT2D eigenvalue weighted by molar-refractivity contribution is 0.189. The molecular formula is C11H12N6O2S. The Hall–Kier alpha value is -2.29. The van der Waals surface area contributed by atoms with E-state index in [1.54, 1.807) is 24.5 Å². The molecule has 2 rings (SSSR count). The van der Waals surface area contributed by atoms with Crippen LogP contribution in [0.4, 0.5) is 4.79 Å². The smallest absolute Gasteiger partial charge is 0.405 e. The molecule has 0 fully saturated rings. The van der Waals surface area contributed by atoms with Gasteiger partial charge in [-0.1, -0.05) is 11.8 Å². The van der Waals surface area contributed by atoms with E-state index in [2.05, 4.69) is 30.7 Å². The molecule has 0 spiro atoms. The van der Waals surface area contributed by atoms with Crippen LogP contribution in [0.25, 0.3) is 0 Å². The average Bonchev–Trinajstić information content (AvgIpc) is 2.47. The van der Waals surface area contributed by atoms with Gasteiger partial charge in [0, 0.05) is 18.8 Å². The van der Waals surface area contributed by atoms with Crippen LogP contribution < -0.4 is 5.32 Å². The Morgan fingerprint density at radius 3 is 2.50 bits per heavy atom. The van der Waals surface area contributed by atoms with E-state index in [-0.39, 0.29) is 5.82 Å². The quantitative estimate of drug-likeness (QED) is 0.782. The standard InChI is InChI=1S/C11H12N6O2S/c1-20-10-16-14-9(15-17-10)8(13-11(18)19)6-7-2-4-12-5-3-7/h2-5,8,13H,6H2,1H3,(H,18,19). The third kappa shape index (κ3) is 3.85. The molecule has 0 aliphatic heterocycles. The summed E-state index contributed by atoms with van der Waals surface area (Å²) in [6.07, 6.45) is 4.34. The Labute approximate surface area is 119 Å². The summed E-state index contributed by atoms with van der Waals surface area (Å²) in [7, 11) is 0. The van der Waals surface area contributed by atoms with Crippen molar-refractivity contribution in [3.63, 3.8) is 0 Å². The van der Waals surface area contributed by atoms with Gasteiger partial charge in [-0.15, -0.1) is 20.4 Å². The molecule has 0 saturated heterocycles. The molecule has 2 aromatic heterocycles. The van der Waals surface area contributed by atoms with Crippen molar-refractivity contribution in [2.45, 2.75) is 17.6 Å². The molecular weight excluding hydrogens is 280 g/mol. The number of carboxylic acid groups (broad SMARTS) is 1. The zero-order chi connectivity index (χ0) is 14.4. The van der Waals surface area contributed by atoms with Crippen LogP contribution in [0.5, 0.6) is 0 Å². The maximum Gasteiger partial charge on any atom is 0.405 e. The average molecular weight is 292 g/mol. The number of carbonyl (C=O) groups is 1. The highest BCUT2D eigenvalue weighted by Gasteiger charge is 2.19. The number of hydrogen-bond acceptors (Lipinski definition) is 7. The van der Waals surface area contributed by atoms with E-state index in [9.17, 15) is 4.79 Å². The summed E-state index contributed by atoms with van der Waals surface area (Å²) in [5, 5.41) is 27.3. The number of aromatic nitrogens is 5. The summed E-state index contributed by atoms with van der Waals surface area (Å²) in [5.74, 6) is 0.238. The molecule has 0 bridgehead atoms. The molecule has 0 aliphatic carbocycles. The second-order valence-corrected chi connectivity index (χ2v) is 4.58. The fourth-order valence-electron chi connectivity index (χ4n) is 1.56. The van der Waals surface area contributed by atoms with Crippen molar-refractivity contribution in [1.82, 2.24) is 30.7 Å². The summed E-state index contributed by atoms with van der Waals surface area (Å²) in [5.41, 5.74) is 0.913. The van der Waals surface area contributed by atoms with Crippen LogP contribution in [0, 0.1) is 0 Å². The van der Waals surface area contributed by atoms with Crippen molar-refractivity contribution in [1.29, 1.82) is 0 Å². The van der Waals surface area contributed by atoms with Crippen molar-refractivity contribution in [2.75, 3.05) is 6.26 Å². The van der Waals surface area contributed by atoms with Gasteiger partial charge in [0.1, 0.15) is 6.04 Å². The van der Waals surface area contributed by atoms with Gasteiger partial charge in [-0.2, -0.15) is 0 Å². The van der Waals surface area contributed by atoms with Gasteiger partial charge in [-0.05, 0) is 24.0 Å². The van der Waals surface area contributed by atoms with E-state index < -0.39 is 12.1 Å². The topological polar surface area (TPSA) is 114 Å². The zero-order valence-corrected chi connectivity index (χ0v) is 11.4. The molecule has 1 amide bonds. The minimum absolute atomic E-state index is 0.238. The minimum atomic E-state index is -1.15. The third-order valence-electron chi connectivity index (χ3n) is 2.46. The lowest BCUT2D eigenvalue weighted by Gasteiger charge is -2.14. The maximum absolute atomic E-state index is 10.9. The van der Waals surface area contributed by atoms with E-state index in [0.29, 0.717) is 11.6 Å². The first kappa shape index (κ1) is 14.1. The monoisotopic (exact) mass is 292 g/mol. The van der Waals surface area contributed by atoms with Gasteiger partial charge >= 0.3 is 6.09 Å². The minimum Gasteiger partial charge on any atom is -0.465 e. The number of amides is 1. The predicted octanol–water partition coefficient (Wildman–Crippen LogP) is 0.935. The van der Waals surface area contributed by atoms with Crippen LogP contribution in [0.2, 0.25) is 0 Å². The fraction of sp³-hybridized carbons (Fsp3) is 0.273. The highest BCUT2D eigenvalue weighted by atomic mass is 32.2. The molecule has 0 aliphatic rings. The van der Waals surface area contributed by atoms with Crippen LogP contribution in [0.1, 0.15) is 17.4 Å². The van der Waals surface area contributed by atoms with Crippen molar-refractivity contribution < 1.29 is 9.90 Å². The van der Waals surface area contributed by atoms with Gasteiger partial charge in [0.2, 0.25) is 5.16 Å². The second kappa shape index (κ2) is 6.75. The molecule has 0 saturated carbocycles. The predicted molar refractivity (Wildman–Crippen MR) is 71.2 cm³/mol. The summed E-state index contributed by atoms with van der Waals surface area (Å²) >= 11 is 1.31. The van der Waals surface area contributed by atoms with Crippen molar-refractivity contribution in [3.05, 3.63) is 35.9 Å². The van der Waals surface area contributed by atoms with Crippen LogP contribution >= 0.6 is 11.8 Å². The number of thioether (sulfide) groups is 1. The van der Waals surface area contributed by atoms with Gasteiger partial charge in [0.15, 0.2) is 5.82 Å². The largest absolute Gasteiger partial charge is 0.465 e. The molecule has 8 nitrogen and oxygen atoms in total. The number of pyridine rings is 1. The van der Waals surface area contributed by atoms with Gasteiger partial charge in [-0.25, -0.2) is 4.79 Å². The first-order chi connectivity index (χ1) is 9.69. The van der Waals surface area contributed by atoms with Crippen molar-refractivity contribution in [3.8, 4) is 0 Å². The highest BCUT2D eigenvalue weighted by molar-refractivity contribution is 7.98. The van der Waals surface area contributed by atoms with E-state index in [1.807, 2.05) is 6.26 Å². The van der Waals surface area contributed by atoms with Crippen molar-refractivity contribution in [2.24, 2.45) is 0 Å². The number of nitrogens with one attached hydrogen (secondary N) is 1. The van der Waals surface area contributed by atoms with E-state index in [0.717, 1.165) is 5.56 Å². The third-order valence-corrected chi connectivity index (χ3v) is 2.99. The molecule has 1 unspecified atom stereocenters. The summed E-state index contributed by atoms with van der Waals surface area (Å²) in [6, 6.07) is 2.99. The van der Waals surface area contributed by atoms with E-state index in [4.69, 9.17) is 5.11 Å². The molecule has 20 heavy (non-hydrogen) atoms. The van der Waals surface area contributed by atoms with E-state index in [1.165, 1.54) is 11.8 Å². The first-order valence-corrected chi connectivity index (χ1v) is 6.91. The Bertz CT molecular complexity index is 565. The molecule has 0 radical (unpaired) electrons. The Balaban J connectivity index is 2.19. The molecule has 2 aromatic rings. The maximum atomic E-state index is 10.9. The van der Waals surface area contributed by atoms with Crippen LogP contribution in [0.15, 0.2) is 29.7 Å². The summed E-state index contributed by atoms with van der Waals surface area (Å²) < 4.78 is 0. The van der Waals surface area contributed by atoms with Gasteiger partial charge in [0.05, 0.1) is 0 Å². The van der Waals surface area contributed by atoms with Crippen LogP contribution in [-0.4, -0.2) is 42.8 Å². The van der Waals surface area contributed by atoms with Gasteiger partial charge in [-0.3, -0.25) is 4.98 Å². The Morgan fingerprint density at radius 1 is 1.30 bits per heavy atom. The lowest BCUT2D eigenvalue weighted by Crippen LogP contribution is -2.30. The van der Waals surface area contributed by atoms with Crippen molar-refractivity contribution >= 4 is 17.9 Å². The summed E-state index contributed by atoms with van der Waals surface area (Å²) in [4.78, 5) is 14.8. The molecule has 0 aromatic carbocycles. The van der Waals surface area contributed by atoms with Gasteiger partial charge < -0.3 is 10.4 Å². The number of nitrogens with zero attached hydrogens (tertiary/aromatic N) is 5. The Morgan fingerprint density at radius 2 is 1.95 bits per heavy atom. The highest BCUT2D eigenvalue weighted by Crippen LogP contribution is 2.14. The number of rotatable bonds is 5. The lowest BCUT2D eigenvalue weighted by atomic mass is 10.1. The molecule has 2 N–H and O–H groups in total. The van der Waals surface area contributed by atoms with Crippen LogP contribution in [-0.2, 0) is 6.42 Å². The number of hydrogen-bond donors (Lipinski definition) is 2. The molecule has 104 valence electrons. The fourth-order valence-corrected chi connectivity index (χ4v) is 1.80. The zero-order valence-electron chi connectivity index (χ0n) is 10.6. The molecule has 9 heteroatoms. The molecule has 1 atom stereocenters. The summed E-state index contributed by atoms with van der Waals surface area (Å²) in [6.45, 7) is 0. The van der Waals surface area contributed by atoms with Crippen LogP contribution in [0.3, 0.4) is 0 Å². The SMILES string of the molecule is CSc1nnc(C(Cc2ccncc2)NC(=O)O)nn1. The second-order valence-electron chi connectivity index (χ2n) is 3.81. The Kier molecular flexibility index (Phi) is 4.77. The van der Waals surface area contributed by atoms with E-state index >= 15 is 0 Å². The first-order valence-electron chi connectivity index (χ1n) is 5.68. The van der Waals surface area contributed by atoms with Gasteiger partial charge in [0.25, 0.3) is 0 Å². The normalized spacial score (nSPS) is 11.8. The molecule has 2 heterocycles.